The number of benzene rings is 1. The Balaban J connectivity index is 1.58. The molecule has 108 valence electrons. The van der Waals surface area contributed by atoms with Gasteiger partial charge in [0, 0.05) is 19.1 Å². The zero-order valence-corrected chi connectivity index (χ0v) is 11.4. The Morgan fingerprint density at radius 3 is 3.00 bits per heavy atom. The number of ether oxygens (including phenoxy) is 1. The minimum Gasteiger partial charge on any atom is -0.445 e. The second-order valence-electron chi connectivity index (χ2n) is 5.74. The number of piperazine rings is 1. The van der Waals surface area contributed by atoms with Crippen LogP contribution in [0.3, 0.4) is 0 Å². The van der Waals surface area contributed by atoms with E-state index in [0.29, 0.717) is 19.7 Å². The van der Waals surface area contributed by atoms with Gasteiger partial charge in [0.15, 0.2) is 0 Å². The van der Waals surface area contributed by atoms with E-state index in [-0.39, 0.29) is 24.3 Å². The molecule has 0 saturated carbocycles. The lowest BCUT2D eigenvalue weighted by atomic mass is 9.98. The SMILES string of the molecule is O=C(OCc1ccccc1)N1CC2CCC(CO)(C1)N2. The maximum atomic E-state index is 12.1. The van der Waals surface area contributed by atoms with Crippen molar-refractivity contribution < 1.29 is 14.6 Å². The van der Waals surface area contributed by atoms with Crippen LogP contribution < -0.4 is 5.32 Å². The molecular weight excluding hydrogens is 256 g/mol. The monoisotopic (exact) mass is 276 g/mol. The Hall–Kier alpha value is -1.59. The first-order valence-corrected chi connectivity index (χ1v) is 7.05. The zero-order chi connectivity index (χ0) is 14.0. The first kappa shape index (κ1) is 13.4. The number of carbonyl (C=O) groups excluding carboxylic acids is 1. The fourth-order valence-corrected chi connectivity index (χ4v) is 3.11. The summed E-state index contributed by atoms with van der Waals surface area (Å²) in [5.41, 5.74) is 0.658. The van der Waals surface area contributed by atoms with E-state index in [1.54, 1.807) is 4.90 Å². The summed E-state index contributed by atoms with van der Waals surface area (Å²) in [5.74, 6) is 0. The minimum absolute atomic E-state index is 0.0615. The van der Waals surface area contributed by atoms with E-state index >= 15 is 0 Å². The molecule has 0 aromatic heterocycles. The van der Waals surface area contributed by atoms with Gasteiger partial charge in [-0.2, -0.15) is 0 Å². The van der Waals surface area contributed by atoms with Crippen molar-refractivity contribution in [1.29, 1.82) is 0 Å². The van der Waals surface area contributed by atoms with Crippen LogP contribution in [0.1, 0.15) is 18.4 Å². The predicted molar refractivity (Wildman–Crippen MR) is 74.2 cm³/mol. The molecule has 2 saturated heterocycles. The maximum Gasteiger partial charge on any atom is 0.410 e. The fraction of sp³-hybridized carbons (Fsp3) is 0.533. The third-order valence-electron chi connectivity index (χ3n) is 4.18. The van der Waals surface area contributed by atoms with Crippen LogP contribution in [0, 0.1) is 0 Å². The predicted octanol–water partition coefficient (Wildman–Crippen LogP) is 1.12. The molecule has 2 heterocycles. The van der Waals surface area contributed by atoms with Gasteiger partial charge in [-0.15, -0.1) is 0 Å². The molecule has 2 fully saturated rings. The number of hydrogen-bond donors (Lipinski definition) is 2. The number of hydrogen-bond acceptors (Lipinski definition) is 4. The van der Waals surface area contributed by atoms with Crippen LogP contribution in [0.4, 0.5) is 4.79 Å². The standard InChI is InChI=1S/C15H20N2O3/c18-11-15-7-6-13(16-15)8-17(10-15)14(19)20-9-12-4-2-1-3-5-12/h1-5,13,16,18H,6-11H2. The molecule has 2 N–H and O–H groups in total. The summed E-state index contributed by atoms with van der Waals surface area (Å²) in [4.78, 5) is 13.9. The van der Waals surface area contributed by atoms with E-state index in [2.05, 4.69) is 5.32 Å². The van der Waals surface area contributed by atoms with Crippen LogP contribution >= 0.6 is 0 Å². The molecule has 3 rings (SSSR count). The fourth-order valence-electron chi connectivity index (χ4n) is 3.11. The third kappa shape index (κ3) is 2.64. The molecule has 1 amide bonds. The highest BCUT2D eigenvalue weighted by atomic mass is 16.6. The van der Waals surface area contributed by atoms with Crippen molar-refractivity contribution in [2.45, 2.75) is 31.0 Å². The third-order valence-corrected chi connectivity index (χ3v) is 4.18. The number of fused-ring (bicyclic) bond motifs is 2. The van der Waals surface area contributed by atoms with E-state index in [4.69, 9.17) is 4.74 Å². The van der Waals surface area contributed by atoms with Gasteiger partial charge >= 0.3 is 6.09 Å². The Kier molecular flexibility index (Phi) is 3.63. The van der Waals surface area contributed by atoms with Gasteiger partial charge in [0.05, 0.1) is 12.1 Å². The molecule has 5 nitrogen and oxygen atoms in total. The van der Waals surface area contributed by atoms with Gasteiger partial charge in [-0.1, -0.05) is 30.3 Å². The van der Waals surface area contributed by atoms with Crippen molar-refractivity contribution in [2.75, 3.05) is 19.7 Å². The number of carbonyl (C=O) groups is 1. The van der Waals surface area contributed by atoms with E-state index in [1.807, 2.05) is 30.3 Å². The van der Waals surface area contributed by atoms with Crippen LogP contribution in [0.2, 0.25) is 0 Å². The molecule has 2 aliphatic heterocycles. The molecule has 2 bridgehead atoms. The topological polar surface area (TPSA) is 61.8 Å². The average molecular weight is 276 g/mol. The zero-order valence-electron chi connectivity index (χ0n) is 11.4. The normalized spacial score (nSPS) is 28.4. The summed E-state index contributed by atoms with van der Waals surface area (Å²) in [6.45, 7) is 1.54. The Morgan fingerprint density at radius 2 is 2.25 bits per heavy atom. The second kappa shape index (κ2) is 5.42. The van der Waals surface area contributed by atoms with Crippen LogP contribution in [-0.2, 0) is 11.3 Å². The highest BCUT2D eigenvalue weighted by Crippen LogP contribution is 2.29. The summed E-state index contributed by atoms with van der Waals surface area (Å²) in [6, 6.07) is 9.93. The molecule has 2 unspecified atom stereocenters. The van der Waals surface area contributed by atoms with Gasteiger partial charge in [-0.05, 0) is 18.4 Å². The van der Waals surface area contributed by atoms with Gasteiger partial charge in [0.25, 0.3) is 0 Å². The van der Waals surface area contributed by atoms with Crippen molar-refractivity contribution in [3.8, 4) is 0 Å². The van der Waals surface area contributed by atoms with Gasteiger partial charge in [-0.3, -0.25) is 0 Å². The van der Waals surface area contributed by atoms with E-state index in [9.17, 15) is 9.90 Å². The average Bonchev–Trinajstić information content (AvgIpc) is 2.81. The summed E-state index contributed by atoms with van der Waals surface area (Å²) >= 11 is 0. The number of nitrogens with zero attached hydrogens (tertiary/aromatic N) is 1. The first-order chi connectivity index (χ1) is 9.71. The van der Waals surface area contributed by atoms with Crippen molar-refractivity contribution in [3.05, 3.63) is 35.9 Å². The van der Waals surface area contributed by atoms with Crippen LogP contribution in [0.5, 0.6) is 0 Å². The molecule has 0 spiro atoms. The molecule has 1 aromatic carbocycles. The number of aliphatic hydroxyl groups is 1. The first-order valence-electron chi connectivity index (χ1n) is 7.05. The number of nitrogens with one attached hydrogen (secondary N) is 1. The van der Waals surface area contributed by atoms with Crippen LogP contribution in [-0.4, -0.2) is 47.4 Å². The van der Waals surface area contributed by atoms with Gasteiger partial charge in [-0.25, -0.2) is 4.79 Å². The van der Waals surface area contributed by atoms with Gasteiger partial charge < -0.3 is 20.1 Å². The maximum absolute atomic E-state index is 12.1. The molecule has 0 aliphatic carbocycles. The van der Waals surface area contributed by atoms with Gasteiger partial charge in [0.1, 0.15) is 6.61 Å². The second-order valence-corrected chi connectivity index (χ2v) is 5.74. The van der Waals surface area contributed by atoms with Crippen molar-refractivity contribution in [2.24, 2.45) is 0 Å². The molecule has 20 heavy (non-hydrogen) atoms. The highest BCUT2D eigenvalue weighted by Gasteiger charge is 2.45. The largest absolute Gasteiger partial charge is 0.445 e. The van der Waals surface area contributed by atoms with E-state index in [0.717, 1.165) is 18.4 Å². The number of likely N-dealkylation sites (tertiary alicyclic amines) is 1. The van der Waals surface area contributed by atoms with Crippen LogP contribution in [0.15, 0.2) is 30.3 Å². The quantitative estimate of drug-likeness (QED) is 0.868. The number of aliphatic hydroxyl groups excluding tert-OH is 1. The smallest absolute Gasteiger partial charge is 0.410 e. The Bertz CT molecular complexity index is 479. The Labute approximate surface area is 118 Å². The van der Waals surface area contributed by atoms with E-state index in [1.165, 1.54) is 0 Å². The van der Waals surface area contributed by atoms with E-state index < -0.39 is 0 Å². The molecule has 5 heteroatoms. The van der Waals surface area contributed by atoms with Crippen molar-refractivity contribution in [3.63, 3.8) is 0 Å². The summed E-state index contributed by atoms with van der Waals surface area (Å²) in [6.07, 6.45) is 1.62. The summed E-state index contributed by atoms with van der Waals surface area (Å²) in [5, 5.41) is 12.9. The Morgan fingerprint density at radius 1 is 1.45 bits per heavy atom. The lowest BCUT2D eigenvalue weighted by Gasteiger charge is -2.39. The minimum atomic E-state index is -0.325. The number of rotatable bonds is 3. The summed E-state index contributed by atoms with van der Waals surface area (Å²) in [7, 11) is 0. The van der Waals surface area contributed by atoms with Crippen molar-refractivity contribution >= 4 is 6.09 Å². The highest BCUT2D eigenvalue weighted by molar-refractivity contribution is 5.68. The molecule has 2 atom stereocenters. The lowest BCUT2D eigenvalue weighted by Crippen LogP contribution is -2.62. The molecular formula is C15H20N2O3. The van der Waals surface area contributed by atoms with Crippen LogP contribution in [0.25, 0.3) is 0 Å². The summed E-state index contributed by atoms with van der Waals surface area (Å²) < 4.78 is 5.36. The molecule has 2 aliphatic rings. The molecule has 1 aromatic rings. The number of amides is 1. The van der Waals surface area contributed by atoms with Gasteiger partial charge in [0.2, 0.25) is 0 Å². The lowest BCUT2D eigenvalue weighted by molar-refractivity contribution is 0.0544. The molecule has 0 radical (unpaired) electrons. The van der Waals surface area contributed by atoms with Crippen molar-refractivity contribution in [1.82, 2.24) is 10.2 Å².